The fraction of sp³-hybridized carbons (Fsp3) is 0.417. The molecule has 0 heterocycles. The quantitative estimate of drug-likeness (QED) is 0.868. The van der Waals surface area contributed by atoms with Crippen LogP contribution in [0.25, 0.3) is 0 Å². The number of sulfonamides is 1. The summed E-state index contributed by atoms with van der Waals surface area (Å²) in [7, 11) is -4.61. The average molecular weight is 325 g/mol. The fourth-order valence-electron chi connectivity index (χ4n) is 1.64. The monoisotopic (exact) mass is 325 g/mol. The SMILES string of the molecule is CC(C)C(NS(=O)(=O)c1ccccc1C(F)(F)F)C(=O)O. The maximum Gasteiger partial charge on any atom is 0.417 e. The highest BCUT2D eigenvalue weighted by molar-refractivity contribution is 7.89. The van der Waals surface area contributed by atoms with E-state index in [0.717, 1.165) is 18.2 Å². The van der Waals surface area contributed by atoms with Gasteiger partial charge >= 0.3 is 12.1 Å². The van der Waals surface area contributed by atoms with Gasteiger partial charge in [-0.15, -0.1) is 0 Å². The Bertz CT molecular complexity index is 626. The van der Waals surface area contributed by atoms with E-state index in [2.05, 4.69) is 0 Å². The third kappa shape index (κ3) is 4.18. The highest BCUT2D eigenvalue weighted by Gasteiger charge is 2.38. The lowest BCUT2D eigenvalue weighted by atomic mass is 10.1. The first-order chi connectivity index (χ1) is 9.47. The molecule has 1 aromatic carbocycles. The molecule has 0 aromatic heterocycles. The molecule has 118 valence electrons. The fourth-order valence-corrected chi connectivity index (χ4v) is 3.20. The van der Waals surface area contributed by atoms with Crippen molar-refractivity contribution >= 4 is 16.0 Å². The Morgan fingerprint density at radius 3 is 2.19 bits per heavy atom. The lowest BCUT2D eigenvalue weighted by Gasteiger charge is -2.19. The van der Waals surface area contributed by atoms with Crippen molar-refractivity contribution in [2.45, 2.75) is 31.0 Å². The maximum atomic E-state index is 12.8. The zero-order valence-electron chi connectivity index (χ0n) is 11.2. The Labute approximate surface area is 119 Å². The second kappa shape index (κ2) is 6.02. The Hall–Kier alpha value is -1.61. The summed E-state index contributed by atoms with van der Waals surface area (Å²) in [5.74, 6) is -2.09. The number of carboxylic acid groups (broad SMARTS) is 1. The van der Waals surface area contributed by atoms with Crippen LogP contribution in [0.15, 0.2) is 29.2 Å². The predicted octanol–water partition coefficient (Wildman–Crippen LogP) is 2.09. The topological polar surface area (TPSA) is 83.5 Å². The van der Waals surface area contributed by atoms with Crippen LogP contribution < -0.4 is 4.72 Å². The van der Waals surface area contributed by atoms with Gasteiger partial charge in [0.2, 0.25) is 10.0 Å². The zero-order chi connectivity index (χ0) is 16.4. The van der Waals surface area contributed by atoms with Gasteiger partial charge in [-0.1, -0.05) is 26.0 Å². The molecule has 0 saturated carbocycles. The lowest BCUT2D eigenvalue weighted by Crippen LogP contribution is -2.44. The van der Waals surface area contributed by atoms with Crippen LogP contribution >= 0.6 is 0 Å². The molecule has 1 rings (SSSR count). The third-order valence-electron chi connectivity index (χ3n) is 2.70. The van der Waals surface area contributed by atoms with Gasteiger partial charge in [-0.3, -0.25) is 4.79 Å². The molecule has 0 fully saturated rings. The molecule has 1 aromatic rings. The summed E-state index contributed by atoms with van der Waals surface area (Å²) in [4.78, 5) is 9.99. The van der Waals surface area contributed by atoms with Crippen molar-refractivity contribution in [1.82, 2.24) is 4.72 Å². The number of halogens is 3. The molecule has 0 aliphatic carbocycles. The Morgan fingerprint density at radius 1 is 1.24 bits per heavy atom. The van der Waals surface area contributed by atoms with Crippen LogP contribution in [0.2, 0.25) is 0 Å². The van der Waals surface area contributed by atoms with Crippen LogP contribution in [0.3, 0.4) is 0 Å². The van der Waals surface area contributed by atoms with Crippen molar-refractivity contribution in [2.24, 2.45) is 5.92 Å². The van der Waals surface area contributed by atoms with Gasteiger partial charge in [-0.25, -0.2) is 8.42 Å². The van der Waals surface area contributed by atoms with Crippen molar-refractivity contribution in [3.63, 3.8) is 0 Å². The van der Waals surface area contributed by atoms with Crippen LogP contribution in [0.5, 0.6) is 0 Å². The number of hydrogen-bond donors (Lipinski definition) is 2. The highest BCUT2D eigenvalue weighted by atomic mass is 32.2. The van der Waals surface area contributed by atoms with Gasteiger partial charge in [0.05, 0.1) is 10.5 Å². The van der Waals surface area contributed by atoms with E-state index >= 15 is 0 Å². The summed E-state index contributed by atoms with van der Waals surface area (Å²) in [6.45, 7) is 2.88. The number of hydrogen-bond acceptors (Lipinski definition) is 3. The third-order valence-corrected chi connectivity index (χ3v) is 4.20. The number of alkyl halides is 3. The van der Waals surface area contributed by atoms with Crippen LogP contribution in [-0.4, -0.2) is 25.5 Å². The van der Waals surface area contributed by atoms with E-state index in [1.54, 1.807) is 4.72 Å². The molecule has 5 nitrogen and oxygen atoms in total. The van der Waals surface area contributed by atoms with Gasteiger partial charge in [-0.2, -0.15) is 17.9 Å². The van der Waals surface area contributed by atoms with E-state index in [-0.39, 0.29) is 0 Å². The molecule has 2 N–H and O–H groups in total. The molecular weight excluding hydrogens is 311 g/mol. The highest BCUT2D eigenvalue weighted by Crippen LogP contribution is 2.34. The Balaban J connectivity index is 3.30. The summed E-state index contributed by atoms with van der Waals surface area (Å²) in [5, 5.41) is 8.93. The van der Waals surface area contributed by atoms with E-state index in [4.69, 9.17) is 5.11 Å². The second-order valence-electron chi connectivity index (χ2n) is 4.68. The van der Waals surface area contributed by atoms with Gasteiger partial charge < -0.3 is 5.11 Å². The van der Waals surface area contributed by atoms with Crippen molar-refractivity contribution in [3.8, 4) is 0 Å². The van der Waals surface area contributed by atoms with Crippen molar-refractivity contribution < 1.29 is 31.5 Å². The number of carboxylic acids is 1. The standard InChI is InChI=1S/C12H14F3NO4S/c1-7(2)10(11(17)18)16-21(19,20)9-6-4-3-5-8(9)12(13,14)15/h3-7,10,16H,1-2H3,(H,17,18). The first-order valence-corrected chi connectivity index (χ1v) is 7.36. The largest absolute Gasteiger partial charge is 0.480 e. The van der Waals surface area contributed by atoms with E-state index in [1.807, 2.05) is 0 Å². The first kappa shape index (κ1) is 17.4. The average Bonchev–Trinajstić information content (AvgIpc) is 2.34. The Morgan fingerprint density at radius 2 is 1.76 bits per heavy atom. The molecule has 0 spiro atoms. The Kier molecular flexibility index (Phi) is 5.00. The van der Waals surface area contributed by atoms with Crippen LogP contribution in [0.1, 0.15) is 19.4 Å². The summed E-state index contributed by atoms with van der Waals surface area (Å²) in [6, 6.07) is 2.08. The number of carbonyl (C=O) groups is 1. The molecule has 9 heteroatoms. The number of benzene rings is 1. The van der Waals surface area contributed by atoms with Crippen LogP contribution in [-0.2, 0) is 21.0 Å². The van der Waals surface area contributed by atoms with Gasteiger partial charge in [-0.05, 0) is 18.1 Å². The molecule has 0 aliphatic heterocycles. The number of rotatable bonds is 5. The lowest BCUT2D eigenvalue weighted by molar-refractivity contribution is -0.140. The molecule has 21 heavy (non-hydrogen) atoms. The molecule has 1 unspecified atom stereocenters. The summed E-state index contributed by atoms with van der Waals surface area (Å²) < 4.78 is 64.4. The van der Waals surface area contributed by atoms with Crippen molar-refractivity contribution in [1.29, 1.82) is 0 Å². The minimum absolute atomic E-state index is 0.625. The van der Waals surface area contributed by atoms with Gasteiger partial charge in [0, 0.05) is 0 Å². The van der Waals surface area contributed by atoms with Crippen molar-refractivity contribution in [3.05, 3.63) is 29.8 Å². The van der Waals surface area contributed by atoms with E-state index < -0.39 is 44.6 Å². The number of nitrogens with one attached hydrogen (secondary N) is 1. The predicted molar refractivity (Wildman–Crippen MR) is 68.0 cm³/mol. The summed E-state index contributed by atoms with van der Waals surface area (Å²) in [6.07, 6.45) is -4.86. The van der Waals surface area contributed by atoms with E-state index in [9.17, 15) is 26.4 Å². The van der Waals surface area contributed by atoms with E-state index in [0.29, 0.717) is 6.07 Å². The molecular formula is C12H14F3NO4S. The van der Waals surface area contributed by atoms with Crippen molar-refractivity contribution in [2.75, 3.05) is 0 Å². The van der Waals surface area contributed by atoms with Gasteiger partial charge in [0.1, 0.15) is 6.04 Å². The molecule has 0 radical (unpaired) electrons. The van der Waals surface area contributed by atoms with E-state index in [1.165, 1.54) is 13.8 Å². The van der Waals surface area contributed by atoms with Crippen LogP contribution in [0.4, 0.5) is 13.2 Å². The summed E-state index contributed by atoms with van der Waals surface area (Å²) in [5.41, 5.74) is -1.34. The normalized spacial score (nSPS) is 14.2. The zero-order valence-corrected chi connectivity index (χ0v) is 12.0. The van der Waals surface area contributed by atoms with Crippen LogP contribution in [0, 0.1) is 5.92 Å². The minimum Gasteiger partial charge on any atom is -0.480 e. The number of aliphatic carboxylic acids is 1. The first-order valence-electron chi connectivity index (χ1n) is 5.88. The summed E-state index contributed by atoms with van der Waals surface area (Å²) >= 11 is 0. The molecule has 0 aliphatic rings. The molecule has 0 saturated heterocycles. The second-order valence-corrected chi connectivity index (χ2v) is 6.36. The maximum absolute atomic E-state index is 12.8. The van der Waals surface area contributed by atoms with Gasteiger partial charge in [0.25, 0.3) is 0 Å². The molecule has 0 amide bonds. The molecule has 1 atom stereocenters. The smallest absolute Gasteiger partial charge is 0.417 e. The minimum atomic E-state index is -4.86. The molecule has 0 bridgehead atoms. The van der Waals surface area contributed by atoms with Gasteiger partial charge in [0.15, 0.2) is 0 Å².